The molecule has 0 saturated carbocycles. The molecule has 0 N–H and O–H groups in total. The molecule has 0 radical (unpaired) electrons. The van der Waals surface area contributed by atoms with Gasteiger partial charge in [-0.1, -0.05) is 33.7 Å². The van der Waals surface area contributed by atoms with Gasteiger partial charge in [-0.25, -0.2) is 8.42 Å². The predicted octanol–water partition coefficient (Wildman–Crippen LogP) is 4.03. The molecule has 1 saturated heterocycles. The van der Waals surface area contributed by atoms with Crippen LogP contribution in [0.15, 0.2) is 56.8 Å². The summed E-state index contributed by atoms with van der Waals surface area (Å²) in [5.41, 5.74) is 1.32. The monoisotopic (exact) mass is 537 g/mol. The third-order valence-corrected chi connectivity index (χ3v) is 8.86. The summed E-state index contributed by atoms with van der Waals surface area (Å²) in [4.78, 5) is 18.0. The first-order valence-corrected chi connectivity index (χ1v) is 13.4. The summed E-state index contributed by atoms with van der Waals surface area (Å²) in [6, 6.07) is 12.0. The molecule has 2 heterocycles. The lowest BCUT2D eigenvalue weighted by Gasteiger charge is -2.25. The second-order valence-corrected chi connectivity index (χ2v) is 11.4. The first kappa shape index (κ1) is 23.3. The van der Waals surface area contributed by atoms with Crippen LogP contribution in [-0.4, -0.2) is 50.0 Å². The van der Waals surface area contributed by atoms with Crippen molar-refractivity contribution in [3.63, 3.8) is 0 Å². The number of methoxy groups -OCH3 is 1. The van der Waals surface area contributed by atoms with Crippen LogP contribution in [0.4, 0.5) is 0 Å². The van der Waals surface area contributed by atoms with Crippen molar-refractivity contribution in [1.29, 1.82) is 0 Å². The Morgan fingerprint density at radius 1 is 1.12 bits per heavy atom. The van der Waals surface area contributed by atoms with Gasteiger partial charge in [0.05, 0.1) is 21.7 Å². The second kappa shape index (κ2) is 9.96. The minimum absolute atomic E-state index is 0.206. The van der Waals surface area contributed by atoms with E-state index in [0.717, 1.165) is 34.0 Å². The molecule has 4 rings (SSSR count). The molecule has 7 nitrogen and oxygen atoms in total. The number of sulfonamides is 1. The molecule has 1 fully saturated rings. The third-order valence-electron chi connectivity index (χ3n) is 5.42. The van der Waals surface area contributed by atoms with Crippen molar-refractivity contribution in [1.82, 2.24) is 8.87 Å². The van der Waals surface area contributed by atoms with Gasteiger partial charge in [-0.15, -0.1) is 0 Å². The van der Waals surface area contributed by atoms with Gasteiger partial charge in [-0.2, -0.15) is 9.30 Å². The van der Waals surface area contributed by atoms with Gasteiger partial charge in [0.1, 0.15) is 0 Å². The van der Waals surface area contributed by atoms with E-state index in [2.05, 4.69) is 20.9 Å². The number of aromatic nitrogens is 1. The maximum absolute atomic E-state index is 12.9. The van der Waals surface area contributed by atoms with Gasteiger partial charge in [0.15, 0.2) is 4.80 Å². The molecule has 32 heavy (non-hydrogen) atoms. The fourth-order valence-electron chi connectivity index (χ4n) is 3.71. The van der Waals surface area contributed by atoms with Crippen molar-refractivity contribution in [3.05, 3.63) is 57.3 Å². The van der Waals surface area contributed by atoms with E-state index in [-0.39, 0.29) is 4.90 Å². The summed E-state index contributed by atoms with van der Waals surface area (Å²) in [5, 5.41) is 0. The number of carbonyl (C=O) groups excluding carboxylic acids is 1. The van der Waals surface area contributed by atoms with Crippen molar-refractivity contribution in [2.45, 2.75) is 30.7 Å². The van der Waals surface area contributed by atoms with Gasteiger partial charge in [-0.05, 0) is 55.3 Å². The Hall–Kier alpha value is -1.85. The average Bonchev–Trinajstić information content (AvgIpc) is 3.14. The molecular weight excluding hydrogens is 514 g/mol. The van der Waals surface area contributed by atoms with Crippen LogP contribution in [0.1, 0.15) is 29.6 Å². The summed E-state index contributed by atoms with van der Waals surface area (Å²) in [7, 11) is -1.90. The number of piperidine rings is 1. The largest absolute Gasteiger partial charge is 0.383 e. The maximum atomic E-state index is 12.9. The molecule has 0 aliphatic carbocycles. The summed E-state index contributed by atoms with van der Waals surface area (Å²) in [5.74, 6) is -0.413. The highest BCUT2D eigenvalue weighted by Gasteiger charge is 2.26. The van der Waals surface area contributed by atoms with Crippen molar-refractivity contribution < 1.29 is 17.9 Å². The summed E-state index contributed by atoms with van der Waals surface area (Å²) in [6.07, 6.45) is 2.81. The van der Waals surface area contributed by atoms with Gasteiger partial charge >= 0.3 is 0 Å². The van der Waals surface area contributed by atoms with Crippen LogP contribution in [0.3, 0.4) is 0 Å². The molecule has 1 amide bonds. The molecule has 1 aromatic heterocycles. The van der Waals surface area contributed by atoms with Gasteiger partial charge in [0, 0.05) is 36.8 Å². The number of carbonyl (C=O) groups is 1. The van der Waals surface area contributed by atoms with E-state index in [1.807, 2.05) is 22.8 Å². The fraction of sp³-hybridized carbons (Fsp3) is 0.364. The van der Waals surface area contributed by atoms with Crippen LogP contribution in [-0.2, 0) is 21.3 Å². The van der Waals surface area contributed by atoms with E-state index in [1.165, 1.54) is 39.9 Å². The van der Waals surface area contributed by atoms with E-state index in [9.17, 15) is 13.2 Å². The molecule has 2 aromatic carbocycles. The lowest BCUT2D eigenvalue weighted by molar-refractivity contribution is 0.0997. The van der Waals surface area contributed by atoms with Crippen LogP contribution in [0.25, 0.3) is 10.2 Å². The van der Waals surface area contributed by atoms with Crippen LogP contribution in [0.5, 0.6) is 0 Å². The molecule has 10 heteroatoms. The second-order valence-electron chi connectivity index (χ2n) is 7.55. The molecule has 0 spiro atoms. The Morgan fingerprint density at radius 3 is 2.53 bits per heavy atom. The molecule has 1 aliphatic heterocycles. The number of fused-ring (bicyclic) bond motifs is 1. The third kappa shape index (κ3) is 4.89. The van der Waals surface area contributed by atoms with E-state index in [4.69, 9.17) is 4.74 Å². The zero-order valence-electron chi connectivity index (χ0n) is 17.7. The molecule has 1 aliphatic rings. The number of benzene rings is 2. The first-order valence-electron chi connectivity index (χ1n) is 10.4. The normalized spacial score (nSPS) is 16.0. The molecule has 170 valence electrons. The average molecular weight is 538 g/mol. The Morgan fingerprint density at radius 2 is 1.84 bits per heavy atom. The van der Waals surface area contributed by atoms with Crippen molar-refractivity contribution in [2.24, 2.45) is 4.99 Å². The van der Waals surface area contributed by atoms with Crippen molar-refractivity contribution in [2.75, 3.05) is 26.8 Å². The summed E-state index contributed by atoms with van der Waals surface area (Å²) < 4.78 is 36.3. The maximum Gasteiger partial charge on any atom is 0.279 e. The zero-order chi connectivity index (χ0) is 22.7. The molecule has 0 unspecified atom stereocenters. The van der Waals surface area contributed by atoms with Gasteiger partial charge in [0.25, 0.3) is 5.91 Å². The van der Waals surface area contributed by atoms with E-state index in [0.29, 0.717) is 36.6 Å². The molecule has 0 bridgehead atoms. The number of rotatable bonds is 6. The number of thiazole rings is 1. The fourth-order valence-corrected chi connectivity index (χ4v) is 6.83. The van der Waals surface area contributed by atoms with Crippen molar-refractivity contribution in [3.8, 4) is 0 Å². The van der Waals surface area contributed by atoms with Crippen LogP contribution in [0, 0.1) is 0 Å². The van der Waals surface area contributed by atoms with E-state index in [1.54, 1.807) is 7.11 Å². The quantitative estimate of drug-likeness (QED) is 0.475. The Balaban J connectivity index is 1.64. The lowest BCUT2D eigenvalue weighted by atomic mass is 10.2. The summed E-state index contributed by atoms with van der Waals surface area (Å²) in [6.45, 7) is 2.15. The highest BCUT2D eigenvalue weighted by molar-refractivity contribution is 9.10. The Labute approximate surface area is 199 Å². The Kier molecular flexibility index (Phi) is 7.26. The predicted molar refractivity (Wildman–Crippen MR) is 128 cm³/mol. The van der Waals surface area contributed by atoms with Crippen LogP contribution in [0.2, 0.25) is 0 Å². The van der Waals surface area contributed by atoms with Crippen LogP contribution >= 0.6 is 27.3 Å². The van der Waals surface area contributed by atoms with Gasteiger partial charge < -0.3 is 9.30 Å². The summed E-state index contributed by atoms with van der Waals surface area (Å²) >= 11 is 4.91. The standard InChI is InChI=1S/C22H24BrN3O4S2/c1-30-14-13-26-19-10-7-17(23)15-20(19)31-22(26)24-21(27)16-5-8-18(9-6-16)32(28,29)25-11-3-2-4-12-25/h5-10,15H,2-4,11-14H2,1H3. The molecule has 0 atom stereocenters. The van der Waals surface area contributed by atoms with Gasteiger partial charge in [-0.3, -0.25) is 4.79 Å². The van der Waals surface area contributed by atoms with E-state index >= 15 is 0 Å². The van der Waals surface area contributed by atoms with Gasteiger partial charge in [0.2, 0.25) is 10.0 Å². The Bertz CT molecular complexity index is 1290. The topological polar surface area (TPSA) is 81.0 Å². The lowest BCUT2D eigenvalue weighted by Crippen LogP contribution is -2.35. The smallest absolute Gasteiger partial charge is 0.279 e. The van der Waals surface area contributed by atoms with E-state index < -0.39 is 15.9 Å². The van der Waals surface area contributed by atoms with Crippen molar-refractivity contribution >= 4 is 53.4 Å². The number of nitrogens with zero attached hydrogens (tertiary/aromatic N) is 3. The SMILES string of the molecule is COCCn1c(=NC(=O)c2ccc(S(=O)(=O)N3CCCCC3)cc2)sc2cc(Br)ccc21. The first-order chi connectivity index (χ1) is 15.4. The number of hydrogen-bond acceptors (Lipinski definition) is 5. The highest BCUT2D eigenvalue weighted by Crippen LogP contribution is 2.23. The number of hydrogen-bond donors (Lipinski definition) is 0. The number of halogens is 1. The highest BCUT2D eigenvalue weighted by atomic mass is 79.9. The molecule has 3 aromatic rings. The number of ether oxygens (including phenoxy) is 1. The molecular formula is C22H24BrN3O4S2. The number of amides is 1. The minimum Gasteiger partial charge on any atom is -0.383 e. The minimum atomic E-state index is -3.53. The van der Waals surface area contributed by atoms with Crippen LogP contribution < -0.4 is 4.80 Å². The zero-order valence-corrected chi connectivity index (χ0v) is 20.9.